The number of rotatable bonds is 7. The highest BCUT2D eigenvalue weighted by atomic mass is 79.9. The van der Waals surface area contributed by atoms with Gasteiger partial charge in [-0.2, -0.15) is 0 Å². The maximum Gasteiger partial charge on any atom is 0.345 e. The molecular weight excluding hydrogens is 440 g/mol. The van der Waals surface area contributed by atoms with Crippen molar-refractivity contribution in [2.24, 2.45) is 0 Å². The molecule has 2 aromatic carbocycles. The zero-order chi connectivity index (χ0) is 20.1. The van der Waals surface area contributed by atoms with Gasteiger partial charge in [0.05, 0.1) is 0 Å². The van der Waals surface area contributed by atoms with Crippen LogP contribution in [0.2, 0.25) is 18.1 Å². The Labute approximate surface area is 176 Å². The van der Waals surface area contributed by atoms with Gasteiger partial charge in [0.25, 0.3) is 0 Å². The average Bonchev–Trinajstić information content (AvgIpc) is 2.60. The van der Waals surface area contributed by atoms with Crippen molar-refractivity contribution in [2.75, 3.05) is 0 Å². The van der Waals surface area contributed by atoms with Crippen molar-refractivity contribution in [1.82, 2.24) is 0 Å². The van der Waals surface area contributed by atoms with Gasteiger partial charge >= 0.3 is 5.97 Å². The molecule has 27 heavy (non-hydrogen) atoms. The monoisotopic (exact) mass is 466 g/mol. The molecule has 0 N–H and O–H groups in total. The first-order valence-electron chi connectivity index (χ1n) is 8.89. The molecule has 0 bridgehead atoms. The fourth-order valence-corrected chi connectivity index (χ4v) is 4.87. The summed E-state index contributed by atoms with van der Waals surface area (Å²) < 4.78 is 13.0. The van der Waals surface area contributed by atoms with Crippen molar-refractivity contribution in [3.8, 4) is 0 Å². The minimum Gasteiger partial charge on any atom is -0.458 e. The summed E-state index contributed by atoms with van der Waals surface area (Å²) in [4.78, 5) is 13.8. The van der Waals surface area contributed by atoms with Gasteiger partial charge in [-0.15, -0.1) is 0 Å². The van der Waals surface area contributed by atoms with Crippen LogP contribution in [0.25, 0.3) is 0 Å². The topological polar surface area (TPSA) is 35.5 Å². The Kier molecular flexibility index (Phi) is 7.74. The molecule has 0 amide bonds. The molecule has 6 heteroatoms. The Morgan fingerprint density at radius 3 is 2.22 bits per heavy atom. The van der Waals surface area contributed by atoms with Crippen molar-refractivity contribution in [1.29, 1.82) is 0 Å². The van der Waals surface area contributed by atoms with Gasteiger partial charge in [-0.1, -0.05) is 78.8 Å². The van der Waals surface area contributed by atoms with Crippen LogP contribution in [-0.2, 0) is 20.6 Å². The number of thioether (sulfide) groups is 1. The highest BCUT2D eigenvalue weighted by Gasteiger charge is 2.41. The van der Waals surface area contributed by atoms with Gasteiger partial charge in [-0.3, -0.25) is 0 Å². The molecule has 0 aliphatic heterocycles. The summed E-state index contributed by atoms with van der Waals surface area (Å²) in [6.07, 6.45) is 0. The predicted molar refractivity (Wildman–Crippen MR) is 118 cm³/mol. The lowest BCUT2D eigenvalue weighted by Crippen LogP contribution is -2.45. The van der Waals surface area contributed by atoms with Crippen molar-refractivity contribution < 1.29 is 14.0 Å². The molecule has 146 valence electrons. The lowest BCUT2D eigenvalue weighted by molar-refractivity contribution is -0.149. The van der Waals surface area contributed by atoms with E-state index in [2.05, 4.69) is 49.8 Å². The van der Waals surface area contributed by atoms with E-state index in [0.29, 0.717) is 0 Å². The van der Waals surface area contributed by atoms with E-state index in [1.54, 1.807) is 0 Å². The van der Waals surface area contributed by atoms with E-state index < -0.39 is 13.8 Å². The van der Waals surface area contributed by atoms with Crippen LogP contribution < -0.4 is 0 Å². The number of carbonyl (C=O) groups is 1. The summed E-state index contributed by atoms with van der Waals surface area (Å²) in [5.41, 5.74) is 0.279. The highest BCUT2D eigenvalue weighted by molar-refractivity contribution is 9.10. The van der Waals surface area contributed by atoms with Gasteiger partial charge in [-0.05, 0) is 48.0 Å². The van der Waals surface area contributed by atoms with Crippen LogP contribution in [0.5, 0.6) is 0 Å². The molecule has 0 spiro atoms. The second-order valence-electron chi connectivity index (χ2n) is 7.88. The Bertz CT molecular complexity index is 742. The zero-order valence-corrected chi connectivity index (χ0v) is 19.9. The van der Waals surface area contributed by atoms with Crippen LogP contribution in [0.4, 0.5) is 0 Å². The van der Waals surface area contributed by atoms with Crippen LogP contribution >= 0.6 is 27.7 Å². The third-order valence-electron chi connectivity index (χ3n) is 4.68. The second-order valence-corrected chi connectivity index (χ2v) is 14.7. The smallest absolute Gasteiger partial charge is 0.345 e. The molecule has 0 saturated carbocycles. The minimum absolute atomic E-state index is 0.00519. The SMILES string of the molecule is CC(C)(C)[Si](C)(C)OC(Sc1ccc(Br)cc1)C(=O)OCc1ccccc1. The zero-order valence-electron chi connectivity index (χ0n) is 16.5. The fraction of sp³-hybridized carbons (Fsp3) is 0.381. The number of carbonyl (C=O) groups excluding carboxylic acids is 1. The number of hydrogen-bond donors (Lipinski definition) is 0. The second kappa shape index (κ2) is 9.41. The first-order chi connectivity index (χ1) is 12.6. The highest BCUT2D eigenvalue weighted by Crippen LogP contribution is 2.40. The molecule has 1 atom stereocenters. The maximum absolute atomic E-state index is 12.8. The molecule has 2 aromatic rings. The summed E-state index contributed by atoms with van der Waals surface area (Å²) in [6.45, 7) is 11.0. The molecule has 3 nitrogen and oxygen atoms in total. The lowest BCUT2D eigenvalue weighted by Gasteiger charge is -2.38. The maximum atomic E-state index is 12.8. The van der Waals surface area contributed by atoms with Gasteiger partial charge < -0.3 is 9.16 Å². The van der Waals surface area contributed by atoms with Gasteiger partial charge in [0.1, 0.15) is 6.61 Å². The van der Waals surface area contributed by atoms with Crippen LogP contribution in [-0.4, -0.2) is 19.7 Å². The first kappa shape index (κ1) is 22.2. The van der Waals surface area contributed by atoms with E-state index >= 15 is 0 Å². The Balaban J connectivity index is 2.14. The normalized spacial score (nSPS) is 13.3. The largest absolute Gasteiger partial charge is 0.458 e. The van der Waals surface area contributed by atoms with E-state index in [-0.39, 0.29) is 17.6 Å². The number of hydrogen-bond acceptors (Lipinski definition) is 4. The molecule has 0 aliphatic rings. The van der Waals surface area contributed by atoms with Crippen LogP contribution in [0.3, 0.4) is 0 Å². The molecule has 2 rings (SSSR count). The lowest BCUT2D eigenvalue weighted by atomic mass is 10.2. The van der Waals surface area contributed by atoms with Crippen LogP contribution in [0.15, 0.2) is 64.0 Å². The Morgan fingerprint density at radius 1 is 1.07 bits per heavy atom. The molecule has 0 radical (unpaired) electrons. The predicted octanol–water partition coefficient (Wildman–Crippen LogP) is 6.63. The van der Waals surface area contributed by atoms with Crippen molar-refractivity contribution in [3.63, 3.8) is 0 Å². The third kappa shape index (κ3) is 6.78. The van der Waals surface area contributed by atoms with Crippen molar-refractivity contribution in [3.05, 3.63) is 64.6 Å². The summed E-state index contributed by atoms with van der Waals surface area (Å²) in [5.74, 6) is -0.336. The molecular formula is C21H27BrO3SSi. The van der Waals surface area contributed by atoms with Crippen LogP contribution in [0, 0.1) is 0 Å². The number of halogens is 1. The molecule has 0 aromatic heterocycles. The van der Waals surface area contributed by atoms with E-state index in [4.69, 9.17) is 9.16 Å². The van der Waals surface area contributed by atoms with E-state index in [9.17, 15) is 4.79 Å². The quantitative estimate of drug-likeness (QED) is 0.198. The number of benzene rings is 2. The Morgan fingerprint density at radius 2 is 1.67 bits per heavy atom. The molecule has 0 saturated heterocycles. The van der Waals surface area contributed by atoms with E-state index in [0.717, 1.165) is 14.9 Å². The van der Waals surface area contributed by atoms with Crippen LogP contribution in [0.1, 0.15) is 26.3 Å². The van der Waals surface area contributed by atoms with E-state index in [1.165, 1.54) is 11.8 Å². The molecule has 0 aliphatic carbocycles. The fourth-order valence-electron chi connectivity index (χ4n) is 2.00. The summed E-state index contributed by atoms with van der Waals surface area (Å²) in [7, 11) is -2.13. The minimum atomic E-state index is -2.13. The summed E-state index contributed by atoms with van der Waals surface area (Å²) >= 11 is 4.84. The standard InChI is InChI=1S/C21H27BrO3SSi/c1-21(2,3)27(4,5)25-20(26-18-13-11-17(22)12-14-18)19(23)24-15-16-9-7-6-8-10-16/h6-14,20H,15H2,1-5H3. The van der Waals surface area contributed by atoms with Gasteiger partial charge in [0.2, 0.25) is 0 Å². The van der Waals surface area contributed by atoms with Crippen molar-refractivity contribution in [2.45, 2.75) is 55.8 Å². The molecule has 0 heterocycles. The first-order valence-corrected chi connectivity index (χ1v) is 13.5. The number of esters is 1. The number of ether oxygens (including phenoxy) is 1. The van der Waals surface area contributed by atoms with E-state index in [1.807, 2.05) is 54.6 Å². The van der Waals surface area contributed by atoms with Gasteiger partial charge in [0, 0.05) is 9.37 Å². The summed E-state index contributed by atoms with van der Waals surface area (Å²) in [6, 6.07) is 17.6. The van der Waals surface area contributed by atoms with Gasteiger partial charge in [-0.25, -0.2) is 4.79 Å². The average molecular weight is 468 g/mol. The van der Waals surface area contributed by atoms with Gasteiger partial charge in [0.15, 0.2) is 13.8 Å². The third-order valence-corrected chi connectivity index (χ3v) is 10.9. The van der Waals surface area contributed by atoms with Crippen molar-refractivity contribution >= 4 is 42.0 Å². The molecule has 0 fully saturated rings. The Hall–Kier alpha value is -1.08. The molecule has 1 unspecified atom stereocenters. The summed E-state index contributed by atoms with van der Waals surface area (Å²) in [5, 5.41) is 0.00519.